The molecule has 0 radical (unpaired) electrons. The van der Waals surface area contributed by atoms with Crippen molar-refractivity contribution in [2.75, 3.05) is 24.7 Å². The molecule has 180 valence electrons. The highest BCUT2D eigenvalue weighted by Crippen LogP contribution is 2.36. The minimum Gasteiger partial charge on any atom is -0.486 e. The second-order valence-electron chi connectivity index (χ2n) is 8.05. The molecule has 3 aromatic rings. The Morgan fingerprint density at radius 3 is 2.47 bits per heavy atom. The van der Waals surface area contributed by atoms with Gasteiger partial charge in [-0.3, -0.25) is 0 Å². The third-order valence-corrected chi connectivity index (χ3v) is 10.2. The van der Waals surface area contributed by atoms with E-state index in [1.54, 1.807) is 18.2 Å². The summed E-state index contributed by atoms with van der Waals surface area (Å²) in [7, 11) is -7.36. The fraction of sp³-hybridized carbons (Fsp3) is 0.304. The average Bonchev–Trinajstić information content (AvgIpc) is 3.42. The molecule has 8 nitrogen and oxygen atoms in total. The van der Waals surface area contributed by atoms with Gasteiger partial charge in [-0.1, -0.05) is 30.0 Å². The smallest absolute Gasteiger partial charge is 0.243 e. The fourth-order valence-electron chi connectivity index (χ4n) is 3.99. The summed E-state index contributed by atoms with van der Waals surface area (Å²) >= 11 is 1.43. The number of furan rings is 1. The summed E-state index contributed by atoms with van der Waals surface area (Å²) in [4.78, 5) is 1.01. The van der Waals surface area contributed by atoms with E-state index in [-0.39, 0.29) is 29.4 Å². The second-order valence-corrected chi connectivity index (χ2v) is 13.2. The highest BCUT2D eigenvalue weighted by molar-refractivity contribution is 7.99. The molecule has 0 saturated carbocycles. The molecule has 1 aromatic heterocycles. The van der Waals surface area contributed by atoms with E-state index in [4.69, 9.17) is 13.9 Å². The van der Waals surface area contributed by atoms with Crippen LogP contribution in [0.15, 0.2) is 80.0 Å². The van der Waals surface area contributed by atoms with E-state index in [2.05, 4.69) is 0 Å². The lowest BCUT2D eigenvalue weighted by Gasteiger charge is -2.27. The van der Waals surface area contributed by atoms with Crippen LogP contribution in [-0.2, 0) is 26.4 Å². The first-order valence-corrected chi connectivity index (χ1v) is 14.8. The van der Waals surface area contributed by atoms with E-state index in [9.17, 15) is 16.8 Å². The van der Waals surface area contributed by atoms with Crippen LogP contribution in [0.25, 0.3) is 0 Å². The van der Waals surface area contributed by atoms with Crippen LogP contribution in [-0.4, -0.2) is 51.9 Å². The van der Waals surface area contributed by atoms with Gasteiger partial charge in [0.25, 0.3) is 0 Å². The fourth-order valence-corrected chi connectivity index (χ4v) is 8.26. The largest absolute Gasteiger partial charge is 0.486 e. The molecule has 5 rings (SSSR count). The maximum Gasteiger partial charge on any atom is 0.243 e. The number of sulfone groups is 1. The highest BCUT2D eigenvalue weighted by atomic mass is 32.2. The van der Waals surface area contributed by atoms with Crippen LogP contribution in [0.3, 0.4) is 0 Å². The minimum absolute atomic E-state index is 0.0199. The van der Waals surface area contributed by atoms with Crippen molar-refractivity contribution >= 4 is 31.6 Å². The molecule has 2 aromatic carbocycles. The first-order valence-electron chi connectivity index (χ1n) is 10.7. The Kier molecular flexibility index (Phi) is 6.36. The number of nitrogens with zero attached hydrogens (tertiary/aromatic N) is 1. The van der Waals surface area contributed by atoms with Gasteiger partial charge in [0.1, 0.15) is 19.0 Å². The Balaban J connectivity index is 1.44. The van der Waals surface area contributed by atoms with Gasteiger partial charge in [0.05, 0.1) is 22.9 Å². The van der Waals surface area contributed by atoms with Crippen molar-refractivity contribution < 1.29 is 30.7 Å². The van der Waals surface area contributed by atoms with Gasteiger partial charge in [-0.25, -0.2) is 16.8 Å². The minimum atomic E-state index is -4.05. The number of sulfonamides is 1. The lowest BCUT2D eigenvalue weighted by atomic mass is 10.2. The zero-order valence-corrected chi connectivity index (χ0v) is 20.6. The average molecular weight is 522 g/mol. The lowest BCUT2D eigenvalue weighted by Crippen LogP contribution is -2.40. The predicted molar refractivity (Wildman–Crippen MR) is 126 cm³/mol. The van der Waals surface area contributed by atoms with Gasteiger partial charge in [0.2, 0.25) is 10.0 Å². The van der Waals surface area contributed by atoms with Gasteiger partial charge >= 0.3 is 0 Å². The molecule has 1 saturated heterocycles. The van der Waals surface area contributed by atoms with Crippen LogP contribution in [0, 0.1) is 0 Å². The third-order valence-electron chi connectivity index (χ3n) is 5.65. The van der Waals surface area contributed by atoms with Gasteiger partial charge in [0.15, 0.2) is 26.4 Å². The number of ether oxygens (including phenoxy) is 2. The Labute approximate surface area is 202 Å². The third kappa shape index (κ3) is 4.97. The predicted octanol–water partition coefficient (Wildman–Crippen LogP) is 3.58. The van der Waals surface area contributed by atoms with Crippen LogP contribution in [0.1, 0.15) is 12.2 Å². The molecule has 0 aliphatic carbocycles. The van der Waals surface area contributed by atoms with Crippen molar-refractivity contribution in [2.45, 2.75) is 33.9 Å². The number of fused-ring (bicyclic) bond motifs is 1. The molecule has 0 unspecified atom stereocenters. The molecule has 2 aliphatic heterocycles. The second kappa shape index (κ2) is 9.29. The van der Waals surface area contributed by atoms with Crippen molar-refractivity contribution in [1.29, 1.82) is 0 Å². The van der Waals surface area contributed by atoms with Crippen LogP contribution in [0.5, 0.6) is 11.5 Å². The Bertz CT molecular complexity index is 1380. The monoisotopic (exact) mass is 521 g/mol. The van der Waals surface area contributed by atoms with Crippen molar-refractivity contribution in [3.63, 3.8) is 0 Å². The van der Waals surface area contributed by atoms with E-state index in [1.165, 1.54) is 28.2 Å². The van der Waals surface area contributed by atoms with Crippen LogP contribution >= 0.6 is 11.8 Å². The van der Waals surface area contributed by atoms with E-state index >= 15 is 0 Å². The summed E-state index contributed by atoms with van der Waals surface area (Å²) in [6, 6.07) is 17.0. The number of hydrogen-bond acceptors (Lipinski definition) is 8. The summed E-state index contributed by atoms with van der Waals surface area (Å²) in [5, 5.41) is 0.622. The zero-order chi connectivity index (χ0) is 23.8. The molecular weight excluding hydrogens is 498 g/mol. The molecular formula is C23H23NO7S3. The van der Waals surface area contributed by atoms with Crippen molar-refractivity contribution in [1.82, 2.24) is 4.31 Å². The normalized spacial score (nSPS) is 19.4. The van der Waals surface area contributed by atoms with Crippen LogP contribution in [0.2, 0.25) is 0 Å². The standard InChI is InChI=1S/C23H23NO7S3/c25-33(26)13-10-17(16-33)24(15-18-6-9-23(31-18)32-19-4-2-1-3-5-19)34(27,28)20-7-8-21-22(14-20)30-12-11-29-21/h1-9,14,17H,10-13,15-16H2/t17-/m1/s1. The van der Waals surface area contributed by atoms with E-state index in [0.29, 0.717) is 35.6 Å². The SMILES string of the molecule is O=S1(=O)CC[C@@H](N(Cc2ccc(Sc3ccccc3)o2)S(=O)(=O)c2ccc3c(c2)OCCO3)C1. The number of benzene rings is 2. The van der Waals surface area contributed by atoms with Crippen LogP contribution < -0.4 is 9.47 Å². The van der Waals surface area contributed by atoms with Gasteiger partial charge < -0.3 is 13.9 Å². The van der Waals surface area contributed by atoms with Crippen molar-refractivity contribution in [2.24, 2.45) is 0 Å². The summed E-state index contributed by atoms with van der Waals surface area (Å²) in [6.45, 7) is 0.647. The number of rotatable bonds is 7. The Hall–Kier alpha value is -2.47. The molecule has 2 aliphatic rings. The first-order chi connectivity index (χ1) is 16.3. The van der Waals surface area contributed by atoms with Gasteiger partial charge in [-0.05, 0) is 42.8 Å². The molecule has 3 heterocycles. The molecule has 0 N–H and O–H groups in total. The first kappa shape index (κ1) is 23.3. The lowest BCUT2D eigenvalue weighted by molar-refractivity contribution is 0.171. The van der Waals surface area contributed by atoms with Gasteiger partial charge in [-0.2, -0.15) is 4.31 Å². The number of hydrogen-bond donors (Lipinski definition) is 0. The van der Waals surface area contributed by atoms with Gasteiger partial charge in [-0.15, -0.1) is 0 Å². The Morgan fingerprint density at radius 2 is 1.74 bits per heavy atom. The molecule has 0 spiro atoms. The zero-order valence-electron chi connectivity index (χ0n) is 18.1. The molecule has 0 bridgehead atoms. The van der Waals surface area contributed by atoms with Gasteiger partial charge in [0, 0.05) is 17.0 Å². The molecule has 1 atom stereocenters. The van der Waals surface area contributed by atoms with E-state index in [1.807, 2.05) is 30.3 Å². The summed E-state index contributed by atoms with van der Waals surface area (Å²) in [6.07, 6.45) is 0.235. The molecule has 34 heavy (non-hydrogen) atoms. The van der Waals surface area contributed by atoms with E-state index in [0.717, 1.165) is 4.90 Å². The highest BCUT2D eigenvalue weighted by Gasteiger charge is 2.39. The molecule has 0 amide bonds. The van der Waals surface area contributed by atoms with Crippen molar-refractivity contribution in [3.8, 4) is 11.5 Å². The quantitative estimate of drug-likeness (QED) is 0.465. The van der Waals surface area contributed by atoms with Crippen molar-refractivity contribution in [3.05, 3.63) is 66.4 Å². The van der Waals surface area contributed by atoms with Crippen LogP contribution in [0.4, 0.5) is 0 Å². The Morgan fingerprint density at radius 1 is 0.971 bits per heavy atom. The molecule has 11 heteroatoms. The topological polar surface area (TPSA) is 103 Å². The maximum atomic E-state index is 13.7. The van der Waals surface area contributed by atoms with E-state index < -0.39 is 25.9 Å². The maximum absolute atomic E-state index is 13.7. The summed E-state index contributed by atoms with van der Waals surface area (Å²) < 4.78 is 70.0. The molecule has 1 fully saturated rings. The summed E-state index contributed by atoms with van der Waals surface area (Å²) in [5.41, 5.74) is 0. The summed E-state index contributed by atoms with van der Waals surface area (Å²) in [5.74, 6) is 1.00.